The van der Waals surface area contributed by atoms with Gasteiger partial charge in [0.1, 0.15) is 0 Å². The Bertz CT molecular complexity index is 542. The van der Waals surface area contributed by atoms with Crippen molar-refractivity contribution < 1.29 is 27.8 Å². The summed E-state index contributed by atoms with van der Waals surface area (Å²) in [5.74, 6) is 0.137. The summed E-state index contributed by atoms with van der Waals surface area (Å²) in [6.45, 7) is 1.14. The van der Waals surface area contributed by atoms with Crippen molar-refractivity contribution in [3.8, 4) is 0 Å². The maximum Gasteiger partial charge on any atom is 0.416 e. The molecule has 1 saturated heterocycles. The lowest BCUT2D eigenvalue weighted by Crippen LogP contribution is -2.29. The molecule has 1 aliphatic heterocycles. The van der Waals surface area contributed by atoms with E-state index in [0.717, 1.165) is 18.6 Å². The van der Waals surface area contributed by atoms with Gasteiger partial charge in [0.25, 0.3) is 0 Å². The van der Waals surface area contributed by atoms with E-state index in [1.54, 1.807) is 0 Å². The molecular formula is C17H22F3NO3. The van der Waals surface area contributed by atoms with E-state index in [-0.39, 0.29) is 18.9 Å². The summed E-state index contributed by atoms with van der Waals surface area (Å²) in [6, 6.07) is 4.21. The topological polar surface area (TPSA) is 58.6 Å². The van der Waals surface area contributed by atoms with Gasteiger partial charge < -0.3 is 15.2 Å². The third kappa shape index (κ3) is 5.49. The second-order valence-corrected chi connectivity index (χ2v) is 6.02. The third-order valence-electron chi connectivity index (χ3n) is 4.17. The van der Waals surface area contributed by atoms with Gasteiger partial charge in [-0.2, -0.15) is 13.2 Å². The van der Waals surface area contributed by atoms with Crippen LogP contribution in [0, 0.1) is 5.92 Å². The number of aliphatic hydroxyl groups excluding tert-OH is 1. The number of nitrogens with one attached hydrogen (secondary N) is 1. The summed E-state index contributed by atoms with van der Waals surface area (Å²) >= 11 is 0. The fourth-order valence-electron chi connectivity index (χ4n) is 2.80. The van der Waals surface area contributed by atoms with Crippen molar-refractivity contribution >= 4 is 5.91 Å². The average Bonchev–Trinajstić information content (AvgIpc) is 3.05. The highest BCUT2D eigenvalue weighted by Gasteiger charge is 2.31. The van der Waals surface area contributed by atoms with Crippen molar-refractivity contribution in [3.05, 3.63) is 35.4 Å². The molecule has 0 aliphatic carbocycles. The molecule has 0 bridgehead atoms. The predicted octanol–water partition coefficient (Wildman–Crippen LogP) is 3.06. The van der Waals surface area contributed by atoms with Crippen LogP contribution in [0.5, 0.6) is 0 Å². The highest BCUT2D eigenvalue weighted by atomic mass is 19.4. The molecule has 0 unspecified atom stereocenters. The average molecular weight is 345 g/mol. The highest BCUT2D eigenvalue weighted by molar-refractivity contribution is 5.76. The van der Waals surface area contributed by atoms with Crippen molar-refractivity contribution in [2.24, 2.45) is 5.92 Å². The lowest BCUT2D eigenvalue weighted by Gasteiger charge is -2.20. The Morgan fingerprint density at radius 2 is 2.21 bits per heavy atom. The molecule has 0 aromatic heterocycles. The van der Waals surface area contributed by atoms with E-state index in [1.165, 1.54) is 12.1 Å². The van der Waals surface area contributed by atoms with Crippen LogP contribution in [0.15, 0.2) is 24.3 Å². The number of benzene rings is 1. The first-order valence-corrected chi connectivity index (χ1v) is 8.05. The third-order valence-corrected chi connectivity index (χ3v) is 4.17. The summed E-state index contributed by atoms with van der Waals surface area (Å²) in [5.41, 5.74) is -0.420. The van der Waals surface area contributed by atoms with E-state index in [0.29, 0.717) is 37.5 Å². The normalized spacial score (nSPS) is 19.2. The van der Waals surface area contributed by atoms with Gasteiger partial charge in [-0.25, -0.2) is 0 Å². The Morgan fingerprint density at radius 1 is 1.42 bits per heavy atom. The Labute approximate surface area is 139 Å². The minimum atomic E-state index is -4.44. The summed E-state index contributed by atoms with van der Waals surface area (Å²) < 4.78 is 43.7. The van der Waals surface area contributed by atoms with Crippen molar-refractivity contribution in [3.63, 3.8) is 0 Å². The van der Waals surface area contributed by atoms with Crippen LogP contribution in [-0.4, -0.2) is 30.8 Å². The molecule has 0 saturated carbocycles. The largest absolute Gasteiger partial charge is 0.416 e. The number of carbonyl (C=O) groups excluding carboxylic acids is 1. The minimum Gasteiger partial charge on any atom is -0.396 e. The lowest BCUT2D eigenvalue weighted by atomic mass is 9.99. The van der Waals surface area contributed by atoms with Gasteiger partial charge in [-0.05, 0) is 42.9 Å². The molecule has 2 N–H and O–H groups in total. The molecular weight excluding hydrogens is 323 g/mol. The monoisotopic (exact) mass is 345 g/mol. The zero-order chi connectivity index (χ0) is 17.6. The van der Waals surface area contributed by atoms with Gasteiger partial charge in [-0.1, -0.05) is 12.1 Å². The number of ether oxygens (including phenoxy) is 1. The van der Waals surface area contributed by atoms with Crippen LogP contribution in [0.1, 0.15) is 42.9 Å². The van der Waals surface area contributed by atoms with Gasteiger partial charge >= 0.3 is 6.18 Å². The summed E-state index contributed by atoms with van der Waals surface area (Å²) in [5, 5.41) is 11.9. The fourth-order valence-corrected chi connectivity index (χ4v) is 2.80. The van der Waals surface area contributed by atoms with Crippen molar-refractivity contribution in [1.29, 1.82) is 0 Å². The molecule has 2 rings (SSSR count). The molecule has 4 nitrogen and oxygen atoms in total. The molecule has 1 aromatic rings. The molecule has 1 amide bonds. The maximum atomic E-state index is 12.8. The van der Waals surface area contributed by atoms with Crippen molar-refractivity contribution in [2.75, 3.05) is 19.8 Å². The zero-order valence-corrected chi connectivity index (χ0v) is 13.3. The second kappa shape index (κ2) is 8.48. The van der Waals surface area contributed by atoms with E-state index in [1.807, 2.05) is 0 Å². The summed E-state index contributed by atoms with van der Waals surface area (Å²) in [4.78, 5) is 12.1. The van der Waals surface area contributed by atoms with Crippen LogP contribution in [0.3, 0.4) is 0 Å². The predicted molar refractivity (Wildman–Crippen MR) is 82.2 cm³/mol. The zero-order valence-electron chi connectivity index (χ0n) is 13.3. The quantitative estimate of drug-likeness (QED) is 0.798. The molecule has 1 aliphatic rings. The van der Waals surface area contributed by atoms with Crippen LogP contribution in [0.4, 0.5) is 13.2 Å². The number of carbonyl (C=O) groups is 1. The molecule has 0 radical (unpaired) electrons. The molecule has 1 fully saturated rings. The van der Waals surface area contributed by atoms with Crippen LogP contribution in [0.2, 0.25) is 0 Å². The highest BCUT2D eigenvalue weighted by Crippen LogP contribution is 2.31. The SMILES string of the molecule is O=C(CC[C@@H]1CCOC1)N[C@@H](CCO)c1cccc(C(F)(F)F)c1. The van der Waals surface area contributed by atoms with E-state index < -0.39 is 17.8 Å². The van der Waals surface area contributed by atoms with Gasteiger partial charge in [-0.3, -0.25) is 4.79 Å². The van der Waals surface area contributed by atoms with E-state index >= 15 is 0 Å². The molecule has 7 heteroatoms. The fraction of sp³-hybridized carbons (Fsp3) is 0.588. The first kappa shape index (κ1) is 18.7. The van der Waals surface area contributed by atoms with Gasteiger partial charge in [0, 0.05) is 26.2 Å². The number of hydrogen-bond donors (Lipinski definition) is 2. The van der Waals surface area contributed by atoms with E-state index in [9.17, 15) is 18.0 Å². The number of aliphatic hydroxyl groups is 1. The van der Waals surface area contributed by atoms with Crippen LogP contribution in [0.25, 0.3) is 0 Å². The number of alkyl halides is 3. The van der Waals surface area contributed by atoms with Gasteiger partial charge in [0.05, 0.1) is 11.6 Å². The Kier molecular flexibility index (Phi) is 6.62. The van der Waals surface area contributed by atoms with E-state index in [2.05, 4.69) is 5.32 Å². The smallest absolute Gasteiger partial charge is 0.396 e. The Balaban J connectivity index is 1.99. The van der Waals surface area contributed by atoms with Crippen LogP contribution in [-0.2, 0) is 15.7 Å². The first-order valence-electron chi connectivity index (χ1n) is 8.05. The van der Waals surface area contributed by atoms with Gasteiger partial charge in [0.2, 0.25) is 5.91 Å². The molecule has 1 heterocycles. The molecule has 24 heavy (non-hydrogen) atoms. The number of rotatable bonds is 7. The second-order valence-electron chi connectivity index (χ2n) is 6.02. The number of halogens is 3. The van der Waals surface area contributed by atoms with Crippen LogP contribution < -0.4 is 5.32 Å². The lowest BCUT2D eigenvalue weighted by molar-refractivity contribution is -0.137. The molecule has 0 spiro atoms. The Hall–Kier alpha value is -1.60. The van der Waals surface area contributed by atoms with Gasteiger partial charge in [-0.15, -0.1) is 0 Å². The molecule has 1 aromatic carbocycles. The minimum absolute atomic E-state index is 0.166. The Morgan fingerprint density at radius 3 is 2.83 bits per heavy atom. The summed E-state index contributed by atoms with van der Waals surface area (Å²) in [6.07, 6.45) is -2.35. The van der Waals surface area contributed by atoms with Crippen LogP contribution >= 0.6 is 0 Å². The maximum absolute atomic E-state index is 12.8. The van der Waals surface area contributed by atoms with E-state index in [4.69, 9.17) is 9.84 Å². The molecule has 134 valence electrons. The summed E-state index contributed by atoms with van der Waals surface area (Å²) in [7, 11) is 0. The first-order chi connectivity index (χ1) is 11.4. The van der Waals surface area contributed by atoms with Gasteiger partial charge in [0.15, 0.2) is 0 Å². The standard InChI is InChI=1S/C17H22F3NO3/c18-17(19,20)14-3-1-2-13(10-14)15(6-8-22)21-16(23)5-4-12-7-9-24-11-12/h1-3,10,12,15,22H,4-9,11H2,(H,21,23)/t12-,15+/m1/s1. The number of amides is 1. The van der Waals surface area contributed by atoms with Crippen molar-refractivity contribution in [2.45, 2.75) is 37.9 Å². The van der Waals surface area contributed by atoms with Crippen molar-refractivity contribution in [1.82, 2.24) is 5.32 Å². The molecule has 2 atom stereocenters. The number of hydrogen-bond acceptors (Lipinski definition) is 3.